The van der Waals surface area contributed by atoms with Crippen molar-refractivity contribution in [2.45, 2.75) is 11.8 Å². The molecule has 0 amide bonds. The highest BCUT2D eigenvalue weighted by atomic mass is 32.2. The first kappa shape index (κ1) is 12.4. The van der Waals surface area contributed by atoms with Gasteiger partial charge in [-0.15, -0.1) is 0 Å². The Bertz CT molecular complexity index is 662. The van der Waals surface area contributed by atoms with E-state index in [-0.39, 0.29) is 10.7 Å². The van der Waals surface area contributed by atoms with Crippen LogP contribution in [0.4, 0.5) is 11.5 Å². The number of sulfonamides is 1. The van der Waals surface area contributed by atoms with E-state index in [1.807, 2.05) is 6.07 Å². The fraction of sp³-hybridized carbons (Fsp3) is 0.182. The third-order valence-corrected chi connectivity index (χ3v) is 4.15. The van der Waals surface area contributed by atoms with Crippen LogP contribution < -0.4 is 10.5 Å². The largest absolute Gasteiger partial charge is 0.381 e. The zero-order valence-corrected chi connectivity index (χ0v) is 10.9. The van der Waals surface area contributed by atoms with Crippen LogP contribution in [0.3, 0.4) is 0 Å². The van der Waals surface area contributed by atoms with Gasteiger partial charge in [0.25, 0.3) is 10.0 Å². The number of nitrogens with two attached hydrogens (primary N) is 1. The summed E-state index contributed by atoms with van der Waals surface area (Å²) in [4.78, 5) is 0.0221. The van der Waals surface area contributed by atoms with Gasteiger partial charge >= 0.3 is 0 Å². The van der Waals surface area contributed by atoms with Gasteiger partial charge in [0.15, 0.2) is 10.7 Å². The highest BCUT2D eigenvalue weighted by Crippen LogP contribution is 2.23. The van der Waals surface area contributed by atoms with Crippen LogP contribution in [0.25, 0.3) is 0 Å². The number of hydrogen-bond acceptors (Lipinski definition) is 4. The second-order valence-corrected chi connectivity index (χ2v) is 5.51. The Kier molecular flexibility index (Phi) is 3.00. The van der Waals surface area contributed by atoms with E-state index in [0.717, 1.165) is 0 Å². The number of nitrogen functional groups attached to an aromatic ring is 1. The van der Waals surface area contributed by atoms with Gasteiger partial charge in [0.1, 0.15) is 0 Å². The Morgan fingerprint density at radius 3 is 2.39 bits per heavy atom. The highest BCUT2D eigenvalue weighted by Gasteiger charge is 2.24. The molecule has 0 fully saturated rings. The third-order valence-electron chi connectivity index (χ3n) is 2.60. The number of anilines is 2. The van der Waals surface area contributed by atoms with Crippen LogP contribution in [0.15, 0.2) is 35.2 Å². The fourth-order valence-electron chi connectivity index (χ4n) is 1.66. The number of benzene rings is 1. The molecule has 0 radical (unpaired) electrons. The lowest BCUT2D eigenvalue weighted by molar-refractivity contribution is 0.600. The summed E-state index contributed by atoms with van der Waals surface area (Å²) in [7, 11) is -2.07. The smallest absolute Gasteiger partial charge is 0.267 e. The minimum Gasteiger partial charge on any atom is -0.381 e. The average Bonchev–Trinajstić information content (AvgIpc) is 2.54. The molecule has 96 valence electrons. The van der Waals surface area contributed by atoms with Gasteiger partial charge in [-0.1, -0.05) is 18.2 Å². The van der Waals surface area contributed by atoms with Gasteiger partial charge in [0.2, 0.25) is 0 Å². The molecule has 0 saturated heterocycles. The van der Waals surface area contributed by atoms with Crippen molar-refractivity contribution in [1.29, 1.82) is 0 Å². The van der Waals surface area contributed by atoms with Crippen molar-refractivity contribution in [2.24, 2.45) is 7.05 Å². The SMILES string of the molecule is Cc1c(S(=O)(=O)Nc2ccccc2)c(N)nn1C. The molecule has 0 spiro atoms. The van der Waals surface area contributed by atoms with Crippen molar-refractivity contribution in [3.05, 3.63) is 36.0 Å². The molecule has 3 N–H and O–H groups in total. The number of para-hydroxylation sites is 1. The topological polar surface area (TPSA) is 90.0 Å². The summed E-state index contributed by atoms with van der Waals surface area (Å²) in [5.74, 6) is -0.00145. The average molecular weight is 266 g/mol. The van der Waals surface area contributed by atoms with E-state index in [9.17, 15) is 8.42 Å². The molecule has 18 heavy (non-hydrogen) atoms. The summed E-state index contributed by atoms with van der Waals surface area (Å²) in [5, 5.41) is 3.89. The Hall–Kier alpha value is -2.02. The van der Waals surface area contributed by atoms with Gasteiger partial charge < -0.3 is 5.73 Å². The van der Waals surface area contributed by atoms with Crippen LogP contribution >= 0.6 is 0 Å². The first-order valence-electron chi connectivity index (χ1n) is 5.29. The molecular weight excluding hydrogens is 252 g/mol. The van der Waals surface area contributed by atoms with Gasteiger partial charge in [-0.3, -0.25) is 9.40 Å². The molecule has 1 heterocycles. The van der Waals surface area contributed by atoms with Crippen LogP contribution in [0, 0.1) is 6.92 Å². The van der Waals surface area contributed by atoms with Crippen molar-refractivity contribution in [2.75, 3.05) is 10.5 Å². The first-order chi connectivity index (χ1) is 8.42. The lowest BCUT2D eigenvalue weighted by Gasteiger charge is -2.07. The summed E-state index contributed by atoms with van der Waals surface area (Å²) in [6.45, 7) is 1.66. The van der Waals surface area contributed by atoms with Crippen molar-refractivity contribution in [3.8, 4) is 0 Å². The monoisotopic (exact) mass is 266 g/mol. The van der Waals surface area contributed by atoms with Gasteiger partial charge in [0.05, 0.1) is 5.69 Å². The Morgan fingerprint density at radius 2 is 1.89 bits per heavy atom. The van der Waals surface area contributed by atoms with Crippen LogP contribution in [-0.2, 0) is 17.1 Å². The molecule has 6 nitrogen and oxygen atoms in total. The molecule has 1 aromatic heterocycles. The molecule has 0 saturated carbocycles. The van der Waals surface area contributed by atoms with E-state index >= 15 is 0 Å². The van der Waals surface area contributed by atoms with Gasteiger partial charge in [0, 0.05) is 12.7 Å². The van der Waals surface area contributed by atoms with Crippen LogP contribution in [0.5, 0.6) is 0 Å². The summed E-state index contributed by atoms with van der Waals surface area (Å²) >= 11 is 0. The fourth-order valence-corrected chi connectivity index (χ4v) is 3.04. The zero-order chi connectivity index (χ0) is 13.3. The number of rotatable bonds is 3. The third kappa shape index (κ3) is 2.17. The van der Waals surface area contributed by atoms with E-state index in [2.05, 4.69) is 9.82 Å². The summed E-state index contributed by atoms with van der Waals surface area (Å²) in [5.41, 5.74) is 6.61. The Balaban J connectivity index is 2.43. The minimum atomic E-state index is -3.71. The normalized spacial score (nSPS) is 11.4. The molecule has 0 bridgehead atoms. The van der Waals surface area contributed by atoms with E-state index in [0.29, 0.717) is 11.4 Å². The maximum absolute atomic E-state index is 12.2. The highest BCUT2D eigenvalue weighted by molar-refractivity contribution is 7.93. The second-order valence-electron chi connectivity index (χ2n) is 3.89. The van der Waals surface area contributed by atoms with Gasteiger partial charge in [-0.25, -0.2) is 8.42 Å². The molecule has 0 aliphatic heterocycles. The quantitative estimate of drug-likeness (QED) is 0.870. The first-order valence-corrected chi connectivity index (χ1v) is 6.77. The number of hydrogen-bond donors (Lipinski definition) is 2. The molecule has 0 aliphatic rings. The predicted octanol–water partition coefficient (Wildman–Crippen LogP) is 1.11. The predicted molar refractivity (Wildman–Crippen MR) is 69.6 cm³/mol. The van der Waals surface area contributed by atoms with Crippen molar-refractivity contribution in [3.63, 3.8) is 0 Å². The lowest BCUT2D eigenvalue weighted by atomic mass is 10.3. The van der Waals surface area contributed by atoms with Gasteiger partial charge in [-0.2, -0.15) is 5.10 Å². The van der Waals surface area contributed by atoms with Crippen molar-refractivity contribution in [1.82, 2.24) is 9.78 Å². The molecule has 1 aromatic carbocycles. The van der Waals surface area contributed by atoms with Crippen molar-refractivity contribution >= 4 is 21.5 Å². The zero-order valence-electron chi connectivity index (χ0n) is 10.1. The maximum Gasteiger partial charge on any atom is 0.267 e. The van der Waals surface area contributed by atoms with Crippen LogP contribution in [0.2, 0.25) is 0 Å². The van der Waals surface area contributed by atoms with E-state index in [1.54, 1.807) is 38.2 Å². The maximum atomic E-state index is 12.2. The summed E-state index contributed by atoms with van der Waals surface area (Å²) in [6, 6.07) is 8.63. The lowest BCUT2D eigenvalue weighted by Crippen LogP contribution is -2.15. The van der Waals surface area contributed by atoms with E-state index in [1.165, 1.54) is 4.68 Å². The number of nitrogens with zero attached hydrogens (tertiary/aromatic N) is 2. The van der Waals surface area contributed by atoms with E-state index < -0.39 is 10.0 Å². The summed E-state index contributed by atoms with van der Waals surface area (Å²) < 4.78 is 28.3. The molecule has 0 aliphatic carbocycles. The second kappa shape index (κ2) is 4.34. The molecule has 2 aromatic rings. The van der Waals surface area contributed by atoms with Crippen LogP contribution in [0.1, 0.15) is 5.69 Å². The minimum absolute atomic E-state index is 0.00145. The molecule has 0 unspecified atom stereocenters. The Morgan fingerprint density at radius 1 is 1.28 bits per heavy atom. The standard InChI is InChI=1S/C11H14N4O2S/c1-8-10(11(12)13-15(8)2)18(16,17)14-9-6-4-3-5-7-9/h3-7,14H,1-2H3,(H2,12,13). The molecule has 7 heteroatoms. The van der Waals surface area contributed by atoms with E-state index in [4.69, 9.17) is 5.73 Å². The van der Waals surface area contributed by atoms with Gasteiger partial charge in [-0.05, 0) is 19.1 Å². The number of nitrogens with one attached hydrogen (secondary N) is 1. The summed E-state index contributed by atoms with van der Waals surface area (Å²) in [6.07, 6.45) is 0. The molecule has 0 atom stereocenters. The number of aromatic nitrogens is 2. The number of aryl methyl sites for hydroxylation is 1. The van der Waals surface area contributed by atoms with Crippen molar-refractivity contribution < 1.29 is 8.42 Å². The molecule has 2 rings (SSSR count). The van der Waals surface area contributed by atoms with Crippen LogP contribution in [-0.4, -0.2) is 18.2 Å². The molecular formula is C11H14N4O2S. The Labute approximate surface area is 105 Å².